The standard InChI is InChI=1S/C15H24NO11P/c1-7(17)16-10-11(25-8(2)18)12(26-9(3)19)13(14(20)22-4)27-15(10)28(21,23-5)24-6/h10-13,15H,1-6H3,(H,16,17)/t10-,11+,12-,13+,15+/m0/s1. The largest absolute Gasteiger partial charge is 0.467 e. The van der Waals surface area contributed by atoms with Gasteiger partial charge in [0, 0.05) is 35.0 Å². The summed E-state index contributed by atoms with van der Waals surface area (Å²) in [4.78, 5) is 47.2. The Morgan fingerprint density at radius 1 is 0.893 bits per heavy atom. The van der Waals surface area contributed by atoms with E-state index in [1.54, 1.807) is 0 Å². The lowest BCUT2D eigenvalue weighted by Gasteiger charge is -2.45. The predicted octanol–water partition coefficient (Wildman–Crippen LogP) is -0.262. The zero-order chi connectivity index (χ0) is 21.6. The average molecular weight is 425 g/mol. The van der Waals surface area contributed by atoms with Gasteiger partial charge in [-0.3, -0.25) is 18.9 Å². The zero-order valence-electron chi connectivity index (χ0n) is 16.3. The lowest BCUT2D eigenvalue weighted by molar-refractivity contribution is -0.214. The van der Waals surface area contributed by atoms with Gasteiger partial charge in [0.05, 0.1) is 7.11 Å². The van der Waals surface area contributed by atoms with Crippen LogP contribution in [-0.4, -0.2) is 75.3 Å². The van der Waals surface area contributed by atoms with E-state index in [9.17, 15) is 23.7 Å². The summed E-state index contributed by atoms with van der Waals surface area (Å²) in [5.74, 6) is -4.81. The summed E-state index contributed by atoms with van der Waals surface area (Å²) in [7, 11) is -0.872. The SMILES string of the molecule is COC(=O)[C@@H]1O[C@H](P(=O)(OC)OC)[C@@H](NC(C)=O)[C@@H](OC(C)=O)[C@@H]1OC(C)=O. The number of esters is 3. The number of rotatable bonds is 7. The van der Waals surface area contributed by atoms with Crippen molar-refractivity contribution in [2.45, 2.75) is 51.0 Å². The summed E-state index contributed by atoms with van der Waals surface area (Å²) >= 11 is 0. The number of nitrogens with one attached hydrogen (secondary N) is 1. The summed E-state index contributed by atoms with van der Waals surface area (Å²) in [5, 5.41) is 2.43. The van der Waals surface area contributed by atoms with Gasteiger partial charge in [-0.25, -0.2) is 4.79 Å². The normalized spacial score (nSPS) is 27.4. The minimum absolute atomic E-state index is 0.604. The van der Waals surface area contributed by atoms with Gasteiger partial charge in [0.2, 0.25) is 5.91 Å². The molecule has 1 heterocycles. The molecule has 0 unspecified atom stereocenters. The van der Waals surface area contributed by atoms with Crippen LogP contribution in [0.2, 0.25) is 0 Å². The van der Waals surface area contributed by atoms with E-state index in [-0.39, 0.29) is 0 Å². The van der Waals surface area contributed by atoms with Crippen molar-refractivity contribution in [2.24, 2.45) is 0 Å². The summed E-state index contributed by atoms with van der Waals surface area (Å²) in [6.07, 6.45) is -4.58. The highest BCUT2D eigenvalue weighted by molar-refractivity contribution is 7.54. The Labute approximate surface area is 161 Å². The first kappa shape index (κ1) is 24.0. The van der Waals surface area contributed by atoms with E-state index in [0.29, 0.717) is 0 Å². The molecule has 1 fully saturated rings. The molecule has 0 spiro atoms. The highest BCUT2D eigenvalue weighted by Crippen LogP contribution is 2.56. The van der Waals surface area contributed by atoms with Gasteiger partial charge < -0.3 is 33.3 Å². The number of hydrogen-bond donors (Lipinski definition) is 1. The van der Waals surface area contributed by atoms with Crippen LogP contribution in [0.1, 0.15) is 20.8 Å². The number of ether oxygens (including phenoxy) is 4. The van der Waals surface area contributed by atoms with Crippen molar-refractivity contribution in [1.82, 2.24) is 5.32 Å². The predicted molar refractivity (Wildman–Crippen MR) is 91.0 cm³/mol. The molecule has 0 aliphatic carbocycles. The number of carbonyl (C=O) groups excluding carboxylic acids is 4. The van der Waals surface area contributed by atoms with Gasteiger partial charge in [0.1, 0.15) is 6.04 Å². The Balaban J connectivity index is 3.58. The Bertz CT molecular complexity index is 658. The molecule has 0 aromatic carbocycles. The Morgan fingerprint density at radius 2 is 1.39 bits per heavy atom. The van der Waals surface area contributed by atoms with Crippen LogP contribution in [0.5, 0.6) is 0 Å². The first-order chi connectivity index (χ1) is 13.0. The molecule has 13 heteroatoms. The second-order valence-electron chi connectivity index (χ2n) is 5.75. The van der Waals surface area contributed by atoms with Crippen LogP contribution < -0.4 is 5.32 Å². The van der Waals surface area contributed by atoms with Gasteiger partial charge >= 0.3 is 25.5 Å². The third kappa shape index (κ3) is 5.51. The molecule has 1 N–H and O–H groups in total. The van der Waals surface area contributed by atoms with Crippen LogP contribution >= 0.6 is 7.60 Å². The first-order valence-corrected chi connectivity index (χ1v) is 9.67. The fourth-order valence-corrected chi connectivity index (χ4v) is 4.23. The van der Waals surface area contributed by atoms with Gasteiger partial charge in [-0.15, -0.1) is 0 Å². The van der Waals surface area contributed by atoms with Crippen LogP contribution in [0.25, 0.3) is 0 Å². The van der Waals surface area contributed by atoms with Crippen LogP contribution in [0.4, 0.5) is 0 Å². The molecule has 1 aliphatic heterocycles. The fraction of sp³-hybridized carbons (Fsp3) is 0.733. The molecule has 28 heavy (non-hydrogen) atoms. The van der Waals surface area contributed by atoms with Crippen LogP contribution in [0.3, 0.4) is 0 Å². The maximum atomic E-state index is 13.0. The number of amides is 1. The highest BCUT2D eigenvalue weighted by Gasteiger charge is 2.59. The molecule has 1 aliphatic rings. The monoisotopic (exact) mass is 425 g/mol. The second-order valence-corrected chi connectivity index (χ2v) is 8.07. The topological polar surface area (TPSA) is 153 Å². The maximum Gasteiger partial charge on any atom is 0.360 e. The first-order valence-electron chi connectivity index (χ1n) is 8.06. The smallest absolute Gasteiger partial charge is 0.360 e. The van der Waals surface area contributed by atoms with E-state index in [1.165, 1.54) is 0 Å². The molecule has 12 nitrogen and oxygen atoms in total. The lowest BCUT2D eigenvalue weighted by Crippen LogP contribution is -2.66. The Hall–Kier alpha value is -2.01. The molecule has 1 rings (SSSR count). The van der Waals surface area contributed by atoms with Crippen molar-refractivity contribution in [3.8, 4) is 0 Å². The fourth-order valence-electron chi connectivity index (χ4n) is 2.75. The summed E-state index contributed by atoms with van der Waals surface area (Å²) in [5.41, 5.74) is 0. The van der Waals surface area contributed by atoms with Crippen LogP contribution in [-0.2, 0) is 51.7 Å². The molecule has 0 aromatic rings. The van der Waals surface area contributed by atoms with E-state index in [1.807, 2.05) is 0 Å². The highest BCUT2D eigenvalue weighted by atomic mass is 31.2. The van der Waals surface area contributed by atoms with E-state index in [0.717, 1.165) is 42.1 Å². The molecule has 1 saturated heterocycles. The van der Waals surface area contributed by atoms with Crippen LogP contribution in [0.15, 0.2) is 0 Å². The Morgan fingerprint density at radius 3 is 1.79 bits per heavy atom. The van der Waals surface area contributed by atoms with Gasteiger partial charge in [-0.2, -0.15) is 0 Å². The van der Waals surface area contributed by atoms with Crippen molar-refractivity contribution in [3.05, 3.63) is 0 Å². The molecule has 0 radical (unpaired) electrons. The quantitative estimate of drug-likeness (QED) is 0.326. The van der Waals surface area contributed by atoms with Gasteiger partial charge in [-0.1, -0.05) is 0 Å². The van der Waals surface area contributed by atoms with Gasteiger partial charge in [0.25, 0.3) is 0 Å². The van der Waals surface area contributed by atoms with Crippen molar-refractivity contribution in [2.75, 3.05) is 21.3 Å². The number of methoxy groups -OCH3 is 1. The second kappa shape index (κ2) is 9.97. The lowest BCUT2D eigenvalue weighted by atomic mass is 9.97. The molecular weight excluding hydrogens is 401 g/mol. The Kier molecular flexibility index (Phi) is 8.55. The zero-order valence-corrected chi connectivity index (χ0v) is 17.2. The van der Waals surface area contributed by atoms with E-state index >= 15 is 0 Å². The average Bonchev–Trinajstić information content (AvgIpc) is 2.62. The van der Waals surface area contributed by atoms with Crippen LogP contribution in [0, 0.1) is 0 Å². The molecule has 1 amide bonds. The third-order valence-electron chi connectivity index (χ3n) is 3.80. The van der Waals surface area contributed by atoms with E-state index in [2.05, 4.69) is 10.1 Å². The number of carbonyl (C=O) groups is 4. The maximum absolute atomic E-state index is 13.0. The minimum atomic E-state index is -4.07. The van der Waals surface area contributed by atoms with Crippen molar-refractivity contribution in [3.63, 3.8) is 0 Å². The molecular formula is C15H24NO11P. The minimum Gasteiger partial charge on any atom is -0.467 e. The summed E-state index contributed by atoms with van der Waals surface area (Å²) < 4.78 is 43.4. The van der Waals surface area contributed by atoms with E-state index in [4.69, 9.17) is 23.3 Å². The molecule has 0 aromatic heterocycles. The molecule has 160 valence electrons. The van der Waals surface area contributed by atoms with Gasteiger partial charge in [0.15, 0.2) is 24.2 Å². The molecule has 5 atom stereocenters. The van der Waals surface area contributed by atoms with Crippen molar-refractivity contribution >= 4 is 31.4 Å². The van der Waals surface area contributed by atoms with Crippen molar-refractivity contribution in [1.29, 1.82) is 0 Å². The van der Waals surface area contributed by atoms with Crippen molar-refractivity contribution < 1.29 is 51.7 Å². The summed E-state index contributed by atoms with van der Waals surface area (Å²) in [6, 6.07) is -1.34. The van der Waals surface area contributed by atoms with E-state index < -0.39 is 61.6 Å². The third-order valence-corrected chi connectivity index (χ3v) is 5.88. The van der Waals surface area contributed by atoms with Gasteiger partial charge in [-0.05, 0) is 0 Å². The molecule has 0 bridgehead atoms. The summed E-state index contributed by atoms with van der Waals surface area (Å²) in [6.45, 7) is 3.28. The molecule has 0 saturated carbocycles. The number of hydrogen-bond acceptors (Lipinski definition) is 11.